The fourth-order valence-corrected chi connectivity index (χ4v) is 2.14. The predicted molar refractivity (Wildman–Crippen MR) is 95.2 cm³/mol. The van der Waals surface area contributed by atoms with E-state index in [0.717, 1.165) is 5.56 Å². The summed E-state index contributed by atoms with van der Waals surface area (Å²) in [4.78, 5) is 10.6. The molecule has 0 unspecified atom stereocenters. The van der Waals surface area contributed by atoms with E-state index in [2.05, 4.69) is 35.1 Å². The third-order valence-electron chi connectivity index (χ3n) is 3.36. The van der Waals surface area contributed by atoms with Crippen LogP contribution in [0.1, 0.15) is 5.69 Å². The highest BCUT2D eigenvalue weighted by Crippen LogP contribution is 2.36. The van der Waals surface area contributed by atoms with Gasteiger partial charge in [0.1, 0.15) is 0 Å². The summed E-state index contributed by atoms with van der Waals surface area (Å²) in [5.41, 5.74) is 1.68. The van der Waals surface area contributed by atoms with Gasteiger partial charge in [0.05, 0.1) is 18.0 Å². The number of hydrogen-bond donors (Lipinski definition) is 2. The number of nitrogens with zero attached hydrogens (tertiary/aromatic N) is 6. The molecule has 0 radical (unpaired) electrons. The maximum atomic E-state index is 10.1. The minimum atomic E-state index is -0.396. The SMILES string of the molecule is [C-]#[N+]C(/N=N/c1n[nH]c(-c2ccccc2)c1[N+]#[C-])=C(/O)c1ccccn1. The second-order valence-electron chi connectivity index (χ2n) is 4.95. The molecule has 2 aromatic heterocycles. The van der Waals surface area contributed by atoms with E-state index in [0.29, 0.717) is 5.69 Å². The number of pyridine rings is 1. The number of H-pyrrole nitrogens is 1. The summed E-state index contributed by atoms with van der Waals surface area (Å²) >= 11 is 0. The van der Waals surface area contributed by atoms with Gasteiger partial charge in [-0.15, -0.1) is 0 Å². The van der Waals surface area contributed by atoms with Crippen LogP contribution in [0.2, 0.25) is 0 Å². The van der Waals surface area contributed by atoms with Crippen LogP contribution >= 0.6 is 0 Å². The highest BCUT2D eigenvalue weighted by Gasteiger charge is 2.17. The van der Waals surface area contributed by atoms with Gasteiger partial charge in [-0.2, -0.15) is 5.10 Å². The molecule has 0 bridgehead atoms. The summed E-state index contributed by atoms with van der Waals surface area (Å²) in [5, 5.41) is 24.5. The maximum absolute atomic E-state index is 10.1. The van der Waals surface area contributed by atoms with E-state index < -0.39 is 5.76 Å². The molecule has 2 N–H and O–H groups in total. The number of aromatic nitrogens is 3. The molecular weight excluding hydrogens is 330 g/mol. The number of rotatable bonds is 4. The number of aromatic amines is 1. The highest BCUT2D eigenvalue weighted by atomic mass is 16.3. The standard InChI is InChI=1S/C18H11N7O/c1-19-15-14(12-8-4-3-5-9-12)22-23-17(15)24-25-18(20-2)16(26)13-10-6-7-11-21-13/h3-11,26H,(H,22,23)/b18-16-,25-24+. The molecule has 0 aliphatic rings. The van der Waals surface area contributed by atoms with Crippen LogP contribution in [-0.2, 0) is 0 Å². The molecule has 0 aliphatic heterocycles. The maximum Gasteiger partial charge on any atom is 0.339 e. The second kappa shape index (κ2) is 7.51. The first-order valence-electron chi connectivity index (χ1n) is 7.39. The van der Waals surface area contributed by atoms with Crippen LogP contribution in [0, 0.1) is 13.1 Å². The first kappa shape index (κ1) is 16.6. The zero-order chi connectivity index (χ0) is 18.4. The van der Waals surface area contributed by atoms with Crippen molar-refractivity contribution < 1.29 is 5.11 Å². The van der Waals surface area contributed by atoms with Crippen molar-refractivity contribution in [2.45, 2.75) is 0 Å². The fourth-order valence-electron chi connectivity index (χ4n) is 2.14. The van der Waals surface area contributed by atoms with E-state index in [1.54, 1.807) is 18.2 Å². The van der Waals surface area contributed by atoms with Gasteiger partial charge in [0.2, 0.25) is 5.82 Å². The first-order chi connectivity index (χ1) is 12.7. The minimum absolute atomic E-state index is 0.0359. The molecule has 8 heteroatoms. The topological polar surface area (TPSA) is 95.2 Å². The van der Waals surface area contributed by atoms with E-state index >= 15 is 0 Å². The van der Waals surface area contributed by atoms with Gasteiger partial charge in [-0.05, 0) is 22.8 Å². The van der Waals surface area contributed by atoms with Gasteiger partial charge in [-0.1, -0.05) is 43.0 Å². The van der Waals surface area contributed by atoms with Crippen molar-refractivity contribution >= 4 is 17.3 Å². The Hall–Kier alpha value is -4.30. The lowest BCUT2D eigenvalue weighted by molar-refractivity contribution is 0.503. The Bertz CT molecular complexity index is 1050. The Kier molecular flexibility index (Phi) is 4.78. The van der Waals surface area contributed by atoms with Crippen LogP contribution in [0.5, 0.6) is 0 Å². The molecule has 8 nitrogen and oxygen atoms in total. The molecule has 0 fully saturated rings. The van der Waals surface area contributed by atoms with Crippen LogP contribution in [0.25, 0.3) is 26.7 Å². The lowest BCUT2D eigenvalue weighted by atomic mass is 10.1. The molecule has 2 heterocycles. The zero-order valence-corrected chi connectivity index (χ0v) is 13.3. The van der Waals surface area contributed by atoms with Gasteiger partial charge in [0.25, 0.3) is 5.69 Å². The lowest BCUT2D eigenvalue weighted by Crippen LogP contribution is -1.89. The third-order valence-corrected chi connectivity index (χ3v) is 3.36. The van der Waals surface area contributed by atoms with E-state index in [1.807, 2.05) is 30.3 Å². The molecule has 0 saturated carbocycles. The number of benzene rings is 1. The Morgan fingerprint density at radius 3 is 2.50 bits per heavy atom. The van der Waals surface area contributed by atoms with Gasteiger partial charge in [0, 0.05) is 11.3 Å². The molecule has 0 saturated heterocycles. The Labute approximate surface area is 148 Å². The van der Waals surface area contributed by atoms with Gasteiger partial charge >= 0.3 is 5.82 Å². The summed E-state index contributed by atoms with van der Waals surface area (Å²) in [5.74, 6) is -0.703. The van der Waals surface area contributed by atoms with Gasteiger partial charge in [-0.3, -0.25) is 10.1 Å². The molecule has 1 aromatic carbocycles. The largest absolute Gasteiger partial charge is 0.515 e. The second-order valence-corrected chi connectivity index (χ2v) is 4.95. The quantitative estimate of drug-likeness (QED) is 0.401. The molecule has 3 aromatic rings. The summed E-state index contributed by atoms with van der Waals surface area (Å²) in [6.07, 6.45) is 1.49. The summed E-state index contributed by atoms with van der Waals surface area (Å²) in [6.45, 7) is 14.6. The van der Waals surface area contributed by atoms with Crippen LogP contribution in [0.3, 0.4) is 0 Å². The zero-order valence-electron chi connectivity index (χ0n) is 13.3. The smallest absolute Gasteiger partial charge is 0.339 e. The molecule has 0 amide bonds. The Balaban J connectivity index is 1.98. The summed E-state index contributed by atoms with van der Waals surface area (Å²) < 4.78 is 0. The van der Waals surface area contributed by atoms with Crippen molar-refractivity contribution in [1.29, 1.82) is 0 Å². The lowest BCUT2D eigenvalue weighted by Gasteiger charge is -1.98. The molecule has 124 valence electrons. The first-order valence-corrected chi connectivity index (χ1v) is 7.39. The van der Waals surface area contributed by atoms with E-state index in [-0.39, 0.29) is 23.0 Å². The van der Waals surface area contributed by atoms with Crippen LogP contribution in [0.4, 0.5) is 11.5 Å². The van der Waals surface area contributed by atoms with Crippen LogP contribution in [0.15, 0.2) is 70.8 Å². The number of aliphatic hydroxyl groups excluding tert-OH is 1. The van der Waals surface area contributed by atoms with Crippen molar-refractivity contribution in [3.63, 3.8) is 0 Å². The number of azo groups is 1. The average molecular weight is 341 g/mol. The predicted octanol–water partition coefficient (Wildman–Crippen LogP) is 4.91. The van der Waals surface area contributed by atoms with Crippen molar-refractivity contribution in [3.8, 4) is 11.3 Å². The van der Waals surface area contributed by atoms with Crippen LogP contribution < -0.4 is 0 Å². The highest BCUT2D eigenvalue weighted by molar-refractivity contribution is 5.82. The van der Waals surface area contributed by atoms with E-state index in [1.165, 1.54) is 6.20 Å². The normalized spacial score (nSPS) is 11.6. The van der Waals surface area contributed by atoms with E-state index in [9.17, 15) is 5.11 Å². The molecule has 26 heavy (non-hydrogen) atoms. The molecule has 0 atom stereocenters. The monoisotopic (exact) mass is 341 g/mol. The average Bonchev–Trinajstić information content (AvgIpc) is 3.12. The molecule has 0 spiro atoms. The molecular formula is C18H11N7O. The van der Waals surface area contributed by atoms with Crippen molar-refractivity contribution in [2.75, 3.05) is 0 Å². The summed E-state index contributed by atoms with van der Waals surface area (Å²) in [6, 6.07) is 14.1. The van der Waals surface area contributed by atoms with Crippen molar-refractivity contribution in [1.82, 2.24) is 15.2 Å². The minimum Gasteiger partial charge on any atom is -0.515 e. The van der Waals surface area contributed by atoms with Gasteiger partial charge < -0.3 is 9.95 Å². The number of nitrogens with one attached hydrogen (secondary N) is 1. The molecule has 3 rings (SSSR count). The summed E-state index contributed by atoms with van der Waals surface area (Å²) in [7, 11) is 0. The fraction of sp³-hybridized carbons (Fsp3) is 0. The Morgan fingerprint density at radius 2 is 1.85 bits per heavy atom. The number of aliphatic hydroxyl groups is 1. The third kappa shape index (κ3) is 3.30. The van der Waals surface area contributed by atoms with Crippen LogP contribution in [-0.4, -0.2) is 20.3 Å². The van der Waals surface area contributed by atoms with E-state index in [4.69, 9.17) is 13.1 Å². The van der Waals surface area contributed by atoms with Gasteiger partial charge in [-0.25, -0.2) is 4.85 Å². The van der Waals surface area contributed by atoms with Gasteiger partial charge in [0.15, 0.2) is 5.76 Å². The van der Waals surface area contributed by atoms with Crippen molar-refractivity contribution in [2.24, 2.45) is 10.2 Å². The van der Waals surface area contributed by atoms with Crippen molar-refractivity contribution in [3.05, 3.63) is 89.1 Å². The molecule has 0 aliphatic carbocycles. The number of hydrogen-bond acceptors (Lipinski definition) is 5. The Morgan fingerprint density at radius 1 is 1.08 bits per heavy atom.